The van der Waals surface area contributed by atoms with Crippen molar-refractivity contribution in [3.8, 4) is 17.2 Å². The second-order valence-corrected chi connectivity index (χ2v) is 10.2. The van der Waals surface area contributed by atoms with Crippen molar-refractivity contribution in [1.82, 2.24) is 9.66 Å². The van der Waals surface area contributed by atoms with Crippen molar-refractivity contribution in [1.29, 1.82) is 0 Å². The quantitative estimate of drug-likeness (QED) is 0.187. The first-order chi connectivity index (χ1) is 19.1. The van der Waals surface area contributed by atoms with Gasteiger partial charge in [0.1, 0.15) is 18.2 Å². The second-order valence-electron chi connectivity index (χ2n) is 9.33. The number of benzene rings is 4. The van der Waals surface area contributed by atoms with Crippen LogP contribution < -0.4 is 19.8 Å². The molecule has 4 aromatic carbocycles. The fourth-order valence-electron chi connectivity index (χ4n) is 4.65. The maximum Gasteiger partial charge on any atom is 0.282 e. The van der Waals surface area contributed by atoms with Crippen LogP contribution in [0.15, 0.2) is 87.2 Å². The largest absolute Gasteiger partial charge is 0.488 e. The van der Waals surface area contributed by atoms with Gasteiger partial charge in [-0.25, -0.2) is 4.98 Å². The van der Waals surface area contributed by atoms with Crippen molar-refractivity contribution < 1.29 is 14.2 Å². The van der Waals surface area contributed by atoms with Crippen molar-refractivity contribution in [3.63, 3.8) is 0 Å². The number of aryl methyl sites for hydroxylation is 1. The van der Waals surface area contributed by atoms with Gasteiger partial charge in [0.2, 0.25) is 6.79 Å². The van der Waals surface area contributed by atoms with E-state index >= 15 is 0 Å². The van der Waals surface area contributed by atoms with Crippen LogP contribution in [0.5, 0.6) is 17.2 Å². The maximum absolute atomic E-state index is 13.6. The molecular weight excluding hydrogens is 558 g/mol. The molecule has 0 saturated carbocycles. The molecule has 1 aliphatic rings. The molecule has 0 aliphatic carbocycles. The zero-order valence-electron chi connectivity index (χ0n) is 21.4. The van der Waals surface area contributed by atoms with Crippen molar-refractivity contribution in [2.24, 2.45) is 5.10 Å². The third-order valence-corrected chi connectivity index (χ3v) is 7.19. The first-order valence-corrected chi connectivity index (χ1v) is 13.7. The SMILES string of the molecule is CCCCc1nc2ccc(Br)cc2c(=O)n1N=Cc1c(OCc2ccc3c(c2)OCO3)ccc2ccccc12. The summed E-state index contributed by atoms with van der Waals surface area (Å²) >= 11 is 3.47. The number of hydrogen-bond donors (Lipinski definition) is 0. The van der Waals surface area contributed by atoms with E-state index in [0.29, 0.717) is 41.3 Å². The fourth-order valence-corrected chi connectivity index (χ4v) is 5.01. The standard InChI is InChI=1S/C31H26BrN3O4/c1-2-3-8-30-34-26-12-11-22(32)16-24(26)31(36)35(30)33-17-25-23-7-5-4-6-21(23)10-14-27(25)37-18-20-9-13-28-29(15-20)39-19-38-28/h4-7,9-17H,2-3,8,18-19H2,1H3. The van der Waals surface area contributed by atoms with E-state index in [-0.39, 0.29) is 12.4 Å². The number of rotatable bonds is 8. The van der Waals surface area contributed by atoms with Crippen LogP contribution in [0.2, 0.25) is 0 Å². The molecule has 0 saturated heterocycles. The van der Waals surface area contributed by atoms with Crippen molar-refractivity contribution in [2.75, 3.05) is 6.79 Å². The molecule has 0 spiro atoms. The lowest BCUT2D eigenvalue weighted by Crippen LogP contribution is -2.22. The zero-order valence-corrected chi connectivity index (χ0v) is 23.0. The lowest BCUT2D eigenvalue weighted by molar-refractivity contribution is 0.174. The summed E-state index contributed by atoms with van der Waals surface area (Å²) in [4.78, 5) is 18.4. The molecule has 39 heavy (non-hydrogen) atoms. The van der Waals surface area contributed by atoms with E-state index in [1.165, 1.54) is 4.68 Å². The zero-order chi connectivity index (χ0) is 26.8. The number of nitrogens with zero attached hydrogens (tertiary/aromatic N) is 3. The van der Waals surface area contributed by atoms with E-state index in [4.69, 9.17) is 24.3 Å². The summed E-state index contributed by atoms with van der Waals surface area (Å²) < 4.78 is 19.5. The lowest BCUT2D eigenvalue weighted by atomic mass is 10.0. The third kappa shape index (κ3) is 5.12. The maximum atomic E-state index is 13.6. The molecular formula is C31H26BrN3O4. The monoisotopic (exact) mass is 583 g/mol. The number of unbranched alkanes of at least 4 members (excludes halogenated alkanes) is 1. The Morgan fingerprint density at radius 3 is 2.79 bits per heavy atom. The molecule has 1 aromatic heterocycles. The van der Waals surface area contributed by atoms with E-state index in [9.17, 15) is 4.79 Å². The van der Waals surface area contributed by atoms with E-state index in [1.54, 1.807) is 12.3 Å². The first-order valence-electron chi connectivity index (χ1n) is 12.9. The number of aromatic nitrogens is 2. The summed E-state index contributed by atoms with van der Waals surface area (Å²) in [5.41, 5.74) is 2.21. The van der Waals surface area contributed by atoms with Gasteiger partial charge >= 0.3 is 0 Å². The van der Waals surface area contributed by atoms with Gasteiger partial charge in [0.25, 0.3) is 5.56 Å². The highest BCUT2D eigenvalue weighted by Gasteiger charge is 2.15. The molecule has 6 rings (SSSR count). The molecule has 5 aromatic rings. The Labute approximate surface area is 233 Å². The highest BCUT2D eigenvalue weighted by Crippen LogP contribution is 2.33. The molecule has 0 atom stereocenters. The van der Waals surface area contributed by atoms with Gasteiger partial charge in [0, 0.05) is 16.5 Å². The van der Waals surface area contributed by atoms with Crippen LogP contribution in [0.25, 0.3) is 21.7 Å². The molecule has 0 N–H and O–H groups in total. The number of halogens is 1. The molecule has 0 amide bonds. The average molecular weight is 584 g/mol. The normalized spacial score (nSPS) is 12.6. The number of ether oxygens (including phenoxy) is 3. The topological polar surface area (TPSA) is 74.9 Å². The van der Waals surface area contributed by atoms with Gasteiger partial charge in [0.05, 0.1) is 17.1 Å². The molecule has 8 heteroatoms. The second kappa shape index (κ2) is 10.9. The van der Waals surface area contributed by atoms with E-state index < -0.39 is 0 Å². The Bertz CT molecular complexity index is 1780. The number of fused-ring (bicyclic) bond motifs is 3. The Morgan fingerprint density at radius 1 is 1.03 bits per heavy atom. The van der Waals surface area contributed by atoms with Gasteiger partial charge in [-0.1, -0.05) is 65.7 Å². The van der Waals surface area contributed by atoms with Crippen LogP contribution in [-0.2, 0) is 13.0 Å². The van der Waals surface area contributed by atoms with Gasteiger partial charge in [-0.15, -0.1) is 0 Å². The highest BCUT2D eigenvalue weighted by atomic mass is 79.9. The average Bonchev–Trinajstić information content (AvgIpc) is 3.43. The summed E-state index contributed by atoms with van der Waals surface area (Å²) in [6.07, 6.45) is 4.25. The first kappa shape index (κ1) is 25.1. The smallest absolute Gasteiger partial charge is 0.282 e. The molecule has 2 heterocycles. The summed E-state index contributed by atoms with van der Waals surface area (Å²) in [7, 11) is 0. The predicted molar refractivity (Wildman–Crippen MR) is 156 cm³/mol. The summed E-state index contributed by atoms with van der Waals surface area (Å²) in [5.74, 6) is 2.74. The van der Waals surface area contributed by atoms with Crippen molar-refractivity contribution in [3.05, 3.63) is 105 Å². The van der Waals surface area contributed by atoms with E-state index in [0.717, 1.165) is 45.0 Å². The number of hydrogen-bond acceptors (Lipinski definition) is 6. The summed E-state index contributed by atoms with van der Waals surface area (Å²) in [5, 5.41) is 7.25. The summed E-state index contributed by atoms with van der Waals surface area (Å²) in [6, 6.07) is 23.3. The molecule has 0 fully saturated rings. The fraction of sp³-hybridized carbons (Fsp3) is 0.194. The van der Waals surface area contributed by atoms with Crippen LogP contribution in [-0.4, -0.2) is 22.7 Å². The minimum absolute atomic E-state index is 0.202. The van der Waals surface area contributed by atoms with Crippen LogP contribution in [0, 0.1) is 0 Å². The third-order valence-electron chi connectivity index (χ3n) is 6.69. The highest BCUT2D eigenvalue weighted by molar-refractivity contribution is 9.10. The van der Waals surface area contributed by atoms with Crippen molar-refractivity contribution in [2.45, 2.75) is 32.8 Å². The minimum Gasteiger partial charge on any atom is -0.488 e. The summed E-state index contributed by atoms with van der Waals surface area (Å²) in [6.45, 7) is 2.68. The Morgan fingerprint density at radius 2 is 1.90 bits per heavy atom. The van der Waals surface area contributed by atoms with E-state index in [2.05, 4.69) is 22.9 Å². The Hall–Kier alpha value is -4.17. The molecule has 196 valence electrons. The van der Waals surface area contributed by atoms with Gasteiger partial charge in [-0.2, -0.15) is 9.78 Å². The molecule has 0 radical (unpaired) electrons. The molecule has 7 nitrogen and oxygen atoms in total. The lowest BCUT2D eigenvalue weighted by Gasteiger charge is -2.13. The molecule has 1 aliphatic heterocycles. The predicted octanol–water partition coefficient (Wildman–Crippen LogP) is 6.84. The molecule has 0 unspecified atom stereocenters. The van der Waals surface area contributed by atoms with Gasteiger partial charge in [-0.3, -0.25) is 4.79 Å². The van der Waals surface area contributed by atoms with Gasteiger partial charge in [0.15, 0.2) is 11.5 Å². The van der Waals surface area contributed by atoms with Crippen molar-refractivity contribution >= 4 is 43.8 Å². The molecule has 0 bridgehead atoms. The Kier molecular flexibility index (Phi) is 7.02. The Balaban J connectivity index is 1.41. The van der Waals surface area contributed by atoms with Crippen LogP contribution in [0.4, 0.5) is 0 Å². The van der Waals surface area contributed by atoms with Gasteiger partial charge < -0.3 is 14.2 Å². The van der Waals surface area contributed by atoms with Gasteiger partial charge in [-0.05, 0) is 59.2 Å². The van der Waals surface area contributed by atoms with Crippen LogP contribution in [0.3, 0.4) is 0 Å². The van der Waals surface area contributed by atoms with Crippen LogP contribution in [0.1, 0.15) is 36.7 Å². The van der Waals surface area contributed by atoms with Crippen LogP contribution >= 0.6 is 15.9 Å². The van der Waals surface area contributed by atoms with E-state index in [1.807, 2.05) is 66.7 Å². The minimum atomic E-state index is -0.202.